The molecule has 0 spiro atoms. The number of nitro groups is 1. The topological polar surface area (TPSA) is 142 Å². The van der Waals surface area contributed by atoms with Gasteiger partial charge in [0.25, 0.3) is 11.8 Å². The van der Waals surface area contributed by atoms with E-state index >= 15 is 0 Å². The average molecular weight is 469 g/mol. The number of ether oxygens (including phenoxy) is 2. The summed E-state index contributed by atoms with van der Waals surface area (Å²) < 4.78 is 17.9. The number of nitrogens with one attached hydrogen (secondary N) is 1. The van der Waals surface area contributed by atoms with Crippen molar-refractivity contribution in [3.8, 4) is 5.75 Å². The molecule has 1 aliphatic rings. The summed E-state index contributed by atoms with van der Waals surface area (Å²) in [6.45, 7) is 4.03. The second-order valence-corrected chi connectivity index (χ2v) is 7.36. The summed E-state index contributed by atoms with van der Waals surface area (Å²) in [5.74, 6) is -0.417. The van der Waals surface area contributed by atoms with Gasteiger partial charge >= 0.3 is 5.69 Å². The van der Waals surface area contributed by atoms with Crippen LogP contribution in [0.5, 0.6) is 5.75 Å². The molecule has 4 rings (SSSR count). The highest BCUT2D eigenvalue weighted by atomic mass is 16.6. The molecular formula is C22H23N5O7. The van der Waals surface area contributed by atoms with Gasteiger partial charge in [-0.3, -0.25) is 24.4 Å². The first-order valence-corrected chi connectivity index (χ1v) is 10.7. The minimum atomic E-state index is -0.566. The van der Waals surface area contributed by atoms with E-state index in [-0.39, 0.29) is 41.1 Å². The Morgan fingerprint density at radius 2 is 1.97 bits per heavy atom. The number of hydrogen-bond acceptors (Lipinski definition) is 8. The molecule has 2 amide bonds. The number of nitrogens with zero attached hydrogens (tertiary/aromatic N) is 4. The number of rotatable bonds is 8. The van der Waals surface area contributed by atoms with Crippen LogP contribution in [0, 0.1) is 10.1 Å². The van der Waals surface area contributed by atoms with Crippen molar-refractivity contribution in [3.63, 3.8) is 0 Å². The second kappa shape index (κ2) is 10.2. The van der Waals surface area contributed by atoms with E-state index in [9.17, 15) is 19.7 Å². The Hall–Kier alpha value is -4.19. The van der Waals surface area contributed by atoms with Crippen LogP contribution in [0.15, 0.2) is 47.0 Å². The van der Waals surface area contributed by atoms with E-state index in [0.29, 0.717) is 38.6 Å². The number of aryl methyl sites for hydroxylation is 1. The standard InChI is InChI=1S/C22H23N5O7/c1-2-26-20(22(29)25-9-11-32-12-10-25)16(13-23-26)24-21(28)19-8-7-15(34-19)14-33-18-6-4-3-5-17(18)27(30)31/h3-8,13H,2,9-12,14H2,1H3,(H,24,28). The molecule has 1 fully saturated rings. The molecule has 0 unspecified atom stereocenters. The molecule has 0 bridgehead atoms. The van der Waals surface area contributed by atoms with Crippen LogP contribution in [0.4, 0.5) is 11.4 Å². The van der Waals surface area contributed by atoms with Crippen molar-refractivity contribution in [2.45, 2.75) is 20.1 Å². The lowest BCUT2D eigenvalue weighted by molar-refractivity contribution is -0.386. The number of anilines is 1. The minimum absolute atomic E-state index is 0.00446. The fourth-order valence-corrected chi connectivity index (χ4v) is 3.50. The zero-order chi connectivity index (χ0) is 24.1. The average Bonchev–Trinajstić information content (AvgIpc) is 3.50. The van der Waals surface area contributed by atoms with Crippen molar-refractivity contribution in [2.75, 3.05) is 31.6 Å². The molecule has 0 aliphatic carbocycles. The van der Waals surface area contributed by atoms with E-state index in [0.717, 1.165) is 0 Å². The predicted octanol–water partition coefficient (Wildman–Crippen LogP) is 2.71. The third kappa shape index (κ3) is 4.91. The van der Waals surface area contributed by atoms with E-state index in [4.69, 9.17) is 13.9 Å². The first-order valence-electron chi connectivity index (χ1n) is 10.7. The Bertz CT molecular complexity index is 1200. The highest BCUT2D eigenvalue weighted by Crippen LogP contribution is 2.27. The number of carbonyl (C=O) groups is 2. The van der Waals surface area contributed by atoms with Gasteiger partial charge in [-0.05, 0) is 25.1 Å². The molecule has 0 atom stereocenters. The van der Waals surface area contributed by atoms with Crippen molar-refractivity contribution in [1.29, 1.82) is 0 Å². The molecule has 3 aromatic rings. The number of hydrogen-bond donors (Lipinski definition) is 1. The van der Waals surface area contributed by atoms with Gasteiger partial charge in [-0.15, -0.1) is 0 Å². The van der Waals surface area contributed by atoms with Gasteiger partial charge < -0.3 is 24.1 Å². The summed E-state index contributed by atoms with van der Waals surface area (Å²) in [6.07, 6.45) is 1.43. The summed E-state index contributed by atoms with van der Waals surface area (Å²) in [5.41, 5.74) is 0.388. The summed E-state index contributed by atoms with van der Waals surface area (Å²) in [6, 6.07) is 8.98. The van der Waals surface area contributed by atoms with Crippen LogP contribution in [-0.2, 0) is 17.9 Å². The number of morpholine rings is 1. The highest BCUT2D eigenvalue weighted by molar-refractivity contribution is 6.07. The number of para-hydroxylation sites is 2. The number of aromatic nitrogens is 2. The van der Waals surface area contributed by atoms with Crippen LogP contribution in [0.25, 0.3) is 0 Å². The van der Waals surface area contributed by atoms with E-state index in [1.165, 1.54) is 29.1 Å². The van der Waals surface area contributed by atoms with Gasteiger partial charge in [-0.25, -0.2) is 0 Å². The molecule has 1 N–H and O–H groups in total. The number of carbonyl (C=O) groups excluding carboxylic acids is 2. The summed E-state index contributed by atoms with van der Waals surface area (Å²) in [5, 5.41) is 18.0. The van der Waals surface area contributed by atoms with Crippen LogP contribution in [0.2, 0.25) is 0 Å². The van der Waals surface area contributed by atoms with E-state index in [1.54, 1.807) is 23.1 Å². The van der Waals surface area contributed by atoms with Gasteiger partial charge in [0.05, 0.1) is 30.0 Å². The molecule has 1 saturated heterocycles. The van der Waals surface area contributed by atoms with Crippen LogP contribution < -0.4 is 10.1 Å². The second-order valence-electron chi connectivity index (χ2n) is 7.36. The minimum Gasteiger partial charge on any atom is -0.479 e. The maximum atomic E-state index is 13.0. The van der Waals surface area contributed by atoms with E-state index in [2.05, 4.69) is 10.4 Å². The number of nitro benzene ring substituents is 1. The monoisotopic (exact) mass is 469 g/mol. The summed E-state index contributed by atoms with van der Waals surface area (Å²) >= 11 is 0. The Labute approximate surface area is 194 Å². The van der Waals surface area contributed by atoms with Crippen LogP contribution in [-0.4, -0.2) is 57.7 Å². The van der Waals surface area contributed by atoms with Crippen LogP contribution >= 0.6 is 0 Å². The fraction of sp³-hybridized carbons (Fsp3) is 0.318. The van der Waals surface area contributed by atoms with Gasteiger partial charge in [0.2, 0.25) is 0 Å². The van der Waals surface area contributed by atoms with Crippen LogP contribution in [0.3, 0.4) is 0 Å². The van der Waals surface area contributed by atoms with Crippen molar-refractivity contribution in [2.24, 2.45) is 0 Å². The van der Waals surface area contributed by atoms with Crippen molar-refractivity contribution < 1.29 is 28.4 Å². The zero-order valence-corrected chi connectivity index (χ0v) is 18.4. The maximum absolute atomic E-state index is 13.0. The molecule has 34 heavy (non-hydrogen) atoms. The molecule has 0 radical (unpaired) electrons. The summed E-state index contributed by atoms with van der Waals surface area (Å²) in [7, 11) is 0. The lowest BCUT2D eigenvalue weighted by Crippen LogP contribution is -2.41. The normalized spacial score (nSPS) is 13.5. The first-order chi connectivity index (χ1) is 16.5. The third-order valence-electron chi connectivity index (χ3n) is 5.21. The molecule has 12 nitrogen and oxygen atoms in total. The SMILES string of the molecule is CCn1ncc(NC(=O)c2ccc(COc3ccccc3[N+](=O)[O-])o2)c1C(=O)N1CCOCC1. The number of furan rings is 1. The molecule has 3 heterocycles. The molecule has 1 aromatic carbocycles. The smallest absolute Gasteiger partial charge is 0.310 e. The van der Waals surface area contributed by atoms with Crippen molar-refractivity contribution in [3.05, 3.63) is 69.9 Å². The molecule has 12 heteroatoms. The summed E-state index contributed by atoms with van der Waals surface area (Å²) in [4.78, 5) is 38.1. The molecule has 0 saturated carbocycles. The predicted molar refractivity (Wildman–Crippen MR) is 119 cm³/mol. The Balaban J connectivity index is 1.45. The first kappa shape index (κ1) is 23.0. The number of benzene rings is 1. The largest absolute Gasteiger partial charge is 0.479 e. The lowest BCUT2D eigenvalue weighted by Gasteiger charge is -2.27. The quantitative estimate of drug-likeness (QED) is 0.392. The Kier molecular flexibility index (Phi) is 6.87. The zero-order valence-electron chi connectivity index (χ0n) is 18.4. The van der Waals surface area contributed by atoms with Gasteiger partial charge in [0.15, 0.2) is 11.5 Å². The van der Waals surface area contributed by atoms with Gasteiger partial charge in [-0.1, -0.05) is 12.1 Å². The molecule has 1 aliphatic heterocycles. The fourth-order valence-electron chi connectivity index (χ4n) is 3.50. The molecule has 178 valence electrons. The maximum Gasteiger partial charge on any atom is 0.310 e. The highest BCUT2D eigenvalue weighted by Gasteiger charge is 2.26. The van der Waals surface area contributed by atoms with Gasteiger partial charge in [0.1, 0.15) is 18.1 Å². The third-order valence-corrected chi connectivity index (χ3v) is 5.21. The van der Waals surface area contributed by atoms with E-state index in [1.807, 2.05) is 6.92 Å². The van der Waals surface area contributed by atoms with Crippen LogP contribution in [0.1, 0.15) is 33.7 Å². The molecular weight excluding hydrogens is 446 g/mol. The lowest BCUT2D eigenvalue weighted by atomic mass is 10.2. The van der Waals surface area contributed by atoms with Crippen molar-refractivity contribution in [1.82, 2.24) is 14.7 Å². The van der Waals surface area contributed by atoms with E-state index < -0.39 is 10.8 Å². The Morgan fingerprint density at radius 3 is 2.71 bits per heavy atom. The Morgan fingerprint density at radius 1 is 1.21 bits per heavy atom. The number of amides is 2. The van der Waals surface area contributed by atoms with Crippen molar-refractivity contribution >= 4 is 23.2 Å². The van der Waals surface area contributed by atoms with Gasteiger partial charge in [-0.2, -0.15) is 5.10 Å². The van der Waals surface area contributed by atoms with Gasteiger partial charge in [0, 0.05) is 25.7 Å². The molecule has 2 aromatic heterocycles.